The summed E-state index contributed by atoms with van der Waals surface area (Å²) in [6, 6.07) is 0. The lowest BCUT2D eigenvalue weighted by molar-refractivity contribution is -0.157. The Morgan fingerprint density at radius 3 is 2.24 bits per heavy atom. The molecule has 2 aliphatic rings. The molecule has 8 heteroatoms. The summed E-state index contributed by atoms with van der Waals surface area (Å²) in [6.07, 6.45) is 1.09. The summed E-state index contributed by atoms with van der Waals surface area (Å²) < 4.78 is 27.8. The van der Waals surface area contributed by atoms with E-state index in [1.807, 2.05) is 5.32 Å². The highest BCUT2D eigenvalue weighted by Crippen LogP contribution is 2.52. The third-order valence-corrected chi connectivity index (χ3v) is 3.18. The van der Waals surface area contributed by atoms with Crippen molar-refractivity contribution in [3.8, 4) is 0 Å². The van der Waals surface area contributed by atoms with E-state index in [9.17, 15) is 18.4 Å². The van der Waals surface area contributed by atoms with E-state index < -0.39 is 23.2 Å². The molecule has 6 nitrogen and oxygen atoms in total. The van der Waals surface area contributed by atoms with Crippen LogP contribution >= 0.6 is 0 Å². The van der Waals surface area contributed by atoms with Crippen LogP contribution in [0.3, 0.4) is 0 Å². The SMILES string of the molecule is CC12C(=O)Nc3ncnc(c31)NC(=O)C2(F)F. The molecule has 0 bridgehead atoms. The summed E-state index contributed by atoms with van der Waals surface area (Å²) in [5.41, 5.74) is -2.31. The number of rotatable bonds is 0. The second kappa shape index (κ2) is 2.58. The van der Waals surface area contributed by atoms with Crippen LogP contribution in [0.2, 0.25) is 0 Å². The summed E-state index contributed by atoms with van der Waals surface area (Å²) in [6.45, 7) is 1.01. The van der Waals surface area contributed by atoms with E-state index >= 15 is 0 Å². The van der Waals surface area contributed by atoms with Crippen molar-refractivity contribution >= 4 is 23.5 Å². The fraction of sp³-hybridized carbons (Fsp3) is 0.333. The first-order valence-corrected chi connectivity index (χ1v) is 4.75. The van der Waals surface area contributed by atoms with Gasteiger partial charge in [0, 0.05) is 0 Å². The Bertz CT molecular complexity index is 574. The van der Waals surface area contributed by atoms with Gasteiger partial charge in [0.05, 0.1) is 5.56 Å². The minimum absolute atomic E-state index is 0.0159. The van der Waals surface area contributed by atoms with Crippen LogP contribution in [-0.2, 0) is 15.0 Å². The molecule has 2 N–H and O–H groups in total. The number of carbonyl (C=O) groups is 2. The van der Waals surface area contributed by atoms with Crippen LogP contribution in [-0.4, -0.2) is 27.7 Å². The number of aromatic nitrogens is 2. The molecule has 2 aliphatic heterocycles. The number of alkyl halides is 2. The standard InChI is InChI=1S/C9H6F2N4O2/c1-8-3-4(14-6(8)16)12-2-13-5(3)15-7(17)9(8,10)11/h2H,1H3,(H2,12,13,14,15,16,17). The molecule has 0 fully saturated rings. The molecule has 2 amide bonds. The molecule has 0 saturated heterocycles. The zero-order chi connectivity index (χ0) is 12.4. The van der Waals surface area contributed by atoms with Crippen molar-refractivity contribution in [1.29, 1.82) is 0 Å². The lowest BCUT2D eigenvalue weighted by atomic mass is 9.75. The van der Waals surface area contributed by atoms with E-state index in [-0.39, 0.29) is 17.2 Å². The lowest BCUT2D eigenvalue weighted by Crippen LogP contribution is -2.58. The van der Waals surface area contributed by atoms with Gasteiger partial charge >= 0.3 is 5.92 Å². The maximum absolute atomic E-state index is 13.9. The zero-order valence-corrected chi connectivity index (χ0v) is 8.54. The second-order valence-corrected chi connectivity index (χ2v) is 4.05. The molecular formula is C9H6F2N4O2. The molecule has 3 heterocycles. The maximum atomic E-state index is 13.9. The smallest absolute Gasteiger partial charge is 0.309 e. The van der Waals surface area contributed by atoms with E-state index in [4.69, 9.17) is 0 Å². The first-order valence-electron chi connectivity index (χ1n) is 4.75. The molecule has 0 aromatic carbocycles. The Labute approximate surface area is 93.4 Å². The molecule has 1 atom stereocenters. The molecule has 0 spiro atoms. The first kappa shape index (κ1) is 10.1. The Hall–Kier alpha value is -2.12. The number of anilines is 2. The van der Waals surface area contributed by atoms with Gasteiger partial charge in [0.15, 0.2) is 5.41 Å². The molecule has 1 unspecified atom stereocenters. The summed E-state index contributed by atoms with van der Waals surface area (Å²) in [4.78, 5) is 30.4. The van der Waals surface area contributed by atoms with Gasteiger partial charge in [0.25, 0.3) is 5.91 Å². The monoisotopic (exact) mass is 240 g/mol. The van der Waals surface area contributed by atoms with Crippen LogP contribution in [0.5, 0.6) is 0 Å². The van der Waals surface area contributed by atoms with E-state index in [1.165, 1.54) is 0 Å². The van der Waals surface area contributed by atoms with Crippen molar-refractivity contribution in [3.63, 3.8) is 0 Å². The molecule has 3 rings (SSSR count). The molecule has 0 saturated carbocycles. The largest absolute Gasteiger partial charge is 0.343 e. The van der Waals surface area contributed by atoms with Gasteiger partial charge < -0.3 is 10.6 Å². The Kier molecular flexibility index (Phi) is 1.53. The Morgan fingerprint density at radius 1 is 1.12 bits per heavy atom. The van der Waals surface area contributed by atoms with E-state index in [2.05, 4.69) is 15.3 Å². The average molecular weight is 240 g/mol. The summed E-state index contributed by atoms with van der Waals surface area (Å²) in [5.74, 6) is -6.35. The minimum atomic E-state index is -3.83. The number of carbonyl (C=O) groups excluding carboxylic acids is 2. The quantitative estimate of drug-likeness (QED) is 0.681. The molecule has 1 aromatic heterocycles. The van der Waals surface area contributed by atoms with E-state index in [0.29, 0.717) is 0 Å². The van der Waals surface area contributed by atoms with Crippen LogP contribution in [0, 0.1) is 0 Å². The van der Waals surface area contributed by atoms with Crippen molar-refractivity contribution < 1.29 is 18.4 Å². The molecule has 88 valence electrons. The van der Waals surface area contributed by atoms with Gasteiger partial charge in [-0.15, -0.1) is 0 Å². The highest BCUT2D eigenvalue weighted by molar-refractivity contribution is 6.16. The normalized spacial score (nSPS) is 28.4. The van der Waals surface area contributed by atoms with Crippen LogP contribution in [0.4, 0.5) is 20.4 Å². The minimum Gasteiger partial charge on any atom is -0.309 e. The number of amides is 2. The predicted octanol–water partition coefficient (Wildman–Crippen LogP) is 0.274. The van der Waals surface area contributed by atoms with Gasteiger partial charge in [0.2, 0.25) is 5.91 Å². The Balaban J connectivity index is 2.40. The molecular weight excluding hydrogens is 234 g/mol. The molecule has 0 radical (unpaired) electrons. The lowest BCUT2D eigenvalue weighted by Gasteiger charge is -2.34. The van der Waals surface area contributed by atoms with Crippen LogP contribution in [0.1, 0.15) is 12.5 Å². The van der Waals surface area contributed by atoms with Crippen molar-refractivity contribution in [1.82, 2.24) is 9.97 Å². The van der Waals surface area contributed by atoms with E-state index in [1.54, 1.807) is 0 Å². The van der Waals surface area contributed by atoms with Crippen molar-refractivity contribution in [3.05, 3.63) is 11.9 Å². The third kappa shape index (κ3) is 0.891. The van der Waals surface area contributed by atoms with Crippen LogP contribution in [0.15, 0.2) is 6.33 Å². The van der Waals surface area contributed by atoms with Gasteiger partial charge in [-0.2, -0.15) is 8.78 Å². The summed E-state index contributed by atoms with van der Waals surface area (Å²) >= 11 is 0. The maximum Gasteiger partial charge on any atom is 0.343 e. The van der Waals surface area contributed by atoms with Gasteiger partial charge in [-0.1, -0.05) is 0 Å². The second-order valence-electron chi connectivity index (χ2n) is 4.05. The average Bonchev–Trinajstić information content (AvgIpc) is 2.52. The number of hydrogen-bond acceptors (Lipinski definition) is 4. The zero-order valence-electron chi connectivity index (χ0n) is 8.54. The number of nitrogens with one attached hydrogen (secondary N) is 2. The van der Waals surface area contributed by atoms with Crippen LogP contribution < -0.4 is 10.6 Å². The van der Waals surface area contributed by atoms with Crippen molar-refractivity contribution in [2.75, 3.05) is 10.6 Å². The summed E-state index contributed by atoms with van der Waals surface area (Å²) in [7, 11) is 0. The molecule has 0 aliphatic carbocycles. The van der Waals surface area contributed by atoms with Crippen molar-refractivity contribution in [2.45, 2.75) is 18.3 Å². The number of nitrogens with zero attached hydrogens (tertiary/aromatic N) is 2. The fourth-order valence-electron chi connectivity index (χ4n) is 2.11. The van der Waals surface area contributed by atoms with Gasteiger partial charge in [-0.3, -0.25) is 9.59 Å². The summed E-state index contributed by atoms with van der Waals surface area (Å²) in [5, 5.41) is 4.21. The third-order valence-electron chi connectivity index (χ3n) is 3.18. The molecule has 1 aromatic rings. The van der Waals surface area contributed by atoms with Gasteiger partial charge in [-0.05, 0) is 6.92 Å². The van der Waals surface area contributed by atoms with Crippen molar-refractivity contribution in [2.24, 2.45) is 0 Å². The topological polar surface area (TPSA) is 84.0 Å². The fourth-order valence-corrected chi connectivity index (χ4v) is 2.11. The van der Waals surface area contributed by atoms with Gasteiger partial charge in [0.1, 0.15) is 18.0 Å². The Morgan fingerprint density at radius 2 is 1.65 bits per heavy atom. The van der Waals surface area contributed by atoms with Crippen LogP contribution in [0.25, 0.3) is 0 Å². The predicted molar refractivity (Wildman–Crippen MR) is 51.6 cm³/mol. The van der Waals surface area contributed by atoms with Gasteiger partial charge in [-0.25, -0.2) is 9.97 Å². The van der Waals surface area contributed by atoms with E-state index in [0.717, 1.165) is 13.3 Å². The number of hydrogen-bond donors (Lipinski definition) is 2. The highest BCUT2D eigenvalue weighted by Gasteiger charge is 2.68. The molecule has 17 heavy (non-hydrogen) atoms. The number of halogens is 2. The highest BCUT2D eigenvalue weighted by atomic mass is 19.3. The first-order chi connectivity index (χ1) is 7.89.